The van der Waals surface area contributed by atoms with Crippen molar-refractivity contribution in [1.29, 1.82) is 0 Å². The third-order valence-corrected chi connectivity index (χ3v) is 3.89. The molecule has 0 aromatic heterocycles. The number of hydrogen-bond donors (Lipinski definition) is 1. The normalized spacial score (nSPS) is 19.9. The summed E-state index contributed by atoms with van der Waals surface area (Å²) in [4.78, 5) is 14.1. The molecule has 1 atom stereocenters. The number of rotatable bonds is 3. The molecule has 1 N–H and O–H groups in total. The molecule has 1 fully saturated rings. The summed E-state index contributed by atoms with van der Waals surface area (Å²) in [6, 6.07) is 8.49. The molecule has 0 radical (unpaired) electrons. The molecule has 2 rings (SSSR count). The maximum Gasteiger partial charge on any atom is 0.223 e. The van der Waals surface area contributed by atoms with E-state index in [1.807, 2.05) is 17.0 Å². The first-order valence-corrected chi connectivity index (χ1v) is 7.21. The number of piperazine rings is 1. The predicted octanol–water partition coefficient (Wildman–Crippen LogP) is 2.20. The summed E-state index contributed by atoms with van der Waals surface area (Å²) in [6.07, 6.45) is 1.43. The van der Waals surface area contributed by atoms with E-state index in [4.69, 9.17) is 0 Å². The summed E-state index contributed by atoms with van der Waals surface area (Å²) in [5.74, 6) is 0.270. The lowest BCUT2D eigenvalue weighted by molar-refractivity contribution is -0.133. The van der Waals surface area contributed by atoms with E-state index in [0.717, 1.165) is 30.5 Å². The SMILES string of the molecule is CC1CNCCN1C(=O)CCc1ccc(Br)cc1. The number of aryl methyl sites for hydroxylation is 1. The van der Waals surface area contributed by atoms with Crippen LogP contribution in [-0.4, -0.2) is 36.5 Å². The Morgan fingerprint density at radius 3 is 2.83 bits per heavy atom. The van der Waals surface area contributed by atoms with Crippen LogP contribution in [0.5, 0.6) is 0 Å². The molecule has 1 aromatic carbocycles. The third kappa shape index (κ3) is 3.56. The Bertz CT molecular complexity index is 405. The quantitative estimate of drug-likeness (QED) is 0.928. The van der Waals surface area contributed by atoms with E-state index in [9.17, 15) is 4.79 Å². The topological polar surface area (TPSA) is 32.3 Å². The molecule has 1 aliphatic heterocycles. The van der Waals surface area contributed by atoms with Crippen LogP contribution >= 0.6 is 15.9 Å². The maximum absolute atomic E-state index is 12.1. The van der Waals surface area contributed by atoms with E-state index in [0.29, 0.717) is 12.5 Å². The van der Waals surface area contributed by atoms with Gasteiger partial charge in [-0.3, -0.25) is 4.79 Å². The monoisotopic (exact) mass is 310 g/mol. The summed E-state index contributed by atoms with van der Waals surface area (Å²) in [7, 11) is 0. The van der Waals surface area contributed by atoms with Crippen LogP contribution in [0.4, 0.5) is 0 Å². The van der Waals surface area contributed by atoms with Crippen molar-refractivity contribution in [2.24, 2.45) is 0 Å². The van der Waals surface area contributed by atoms with Crippen molar-refractivity contribution in [3.8, 4) is 0 Å². The van der Waals surface area contributed by atoms with Crippen LogP contribution in [0.2, 0.25) is 0 Å². The molecule has 0 spiro atoms. The lowest BCUT2D eigenvalue weighted by Gasteiger charge is -2.34. The number of amides is 1. The first-order chi connectivity index (χ1) is 8.66. The second-order valence-electron chi connectivity index (χ2n) is 4.77. The van der Waals surface area contributed by atoms with Gasteiger partial charge in [-0.25, -0.2) is 0 Å². The van der Waals surface area contributed by atoms with Crippen molar-refractivity contribution >= 4 is 21.8 Å². The van der Waals surface area contributed by atoms with E-state index in [-0.39, 0.29) is 5.91 Å². The average Bonchev–Trinajstić information content (AvgIpc) is 2.38. The van der Waals surface area contributed by atoms with Crippen LogP contribution in [0.15, 0.2) is 28.7 Å². The second-order valence-corrected chi connectivity index (χ2v) is 5.68. The molecule has 1 unspecified atom stereocenters. The lowest BCUT2D eigenvalue weighted by Crippen LogP contribution is -2.52. The lowest BCUT2D eigenvalue weighted by atomic mass is 10.1. The fourth-order valence-corrected chi connectivity index (χ4v) is 2.52. The fourth-order valence-electron chi connectivity index (χ4n) is 2.26. The minimum Gasteiger partial charge on any atom is -0.337 e. The Labute approximate surface area is 117 Å². The second kappa shape index (κ2) is 6.34. The van der Waals surface area contributed by atoms with Gasteiger partial charge in [-0.15, -0.1) is 0 Å². The van der Waals surface area contributed by atoms with Crippen molar-refractivity contribution in [1.82, 2.24) is 10.2 Å². The smallest absolute Gasteiger partial charge is 0.223 e. The fraction of sp³-hybridized carbons (Fsp3) is 0.500. The molecule has 0 bridgehead atoms. The van der Waals surface area contributed by atoms with Gasteiger partial charge in [0.25, 0.3) is 0 Å². The van der Waals surface area contributed by atoms with Gasteiger partial charge >= 0.3 is 0 Å². The molecule has 0 saturated carbocycles. The van der Waals surface area contributed by atoms with Gasteiger partial charge in [-0.1, -0.05) is 28.1 Å². The minimum atomic E-state index is 0.270. The third-order valence-electron chi connectivity index (χ3n) is 3.36. The van der Waals surface area contributed by atoms with Crippen molar-refractivity contribution in [3.05, 3.63) is 34.3 Å². The van der Waals surface area contributed by atoms with Crippen LogP contribution in [0.25, 0.3) is 0 Å². The summed E-state index contributed by atoms with van der Waals surface area (Å²) < 4.78 is 1.08. The number of carbonyl (C=O) groups is 1. The molecule has 0 aliphatic carbocycles. The molecule has 1 aromatic rings. The number of nitrogens with zero attached hydrogens (tertiary/aromatic N) is 1. The Hall–Kier alpha value is -0.870. The van der Waals surface area contributed by atoms with Gasteiger partial charge in [-0.05, 0) is 31.0 Å². The number of halogens is 1. The molecule has 3 nitrogen and oxygen atoms in total. The highest BCUT2D eigenvalue weighted by atomic mass is 79.9. The van der Waals surface area contributed by atoms with Gasteiger partial charge < -0.3 is 10.2 Å². The Kier molecular flexibility index (Phi) is 4.78. The van der Waals surface area contributed by atoms with Crippen LogP contribution in [0, 0.1) is 0 Å². The van der Waals surface area contributed by atoms with Crippen LogP contribution in [0.3, 0.4) is 0 Å². The van der Waals surface area contributed by atoms with Crippen molar-refractivity contribution < 1.29 is 4.79 Å². The van der Waals surface area contributed by atoms with Crippen LogP contribution in [0.1, 0.15) is 18.9 Å². The van der Waals surface area contributed by atoms with Gasteiger partial charge in [-0.2, -0.15) is 0 Å². The summed E-state index contributed by atoms with van der Waals surface area (Å²) in [5, 5.41) is 3.30. The zero-order valence-corrected chi connectivity index (χ0v) is 12.2. The molecular weight excluding hydrogens is 292 g/mol. The summed E-state index contributed by atoms with van der Waals surface area (Å²) >= 11 is 3.41. The highest BCUT2D eigenvalue weighted by Crippen LogP contribution is 2.13. The zero-order chi connectivity index (χ0) is 13.0. The van der Waals surface area contributed by atoms with E-state index in [1.54, 1.807) is 0 Å². The van der Waals surface area contributed by atoms with Gasteiger partial charge in [0.15, 0.2) is 0 Å². The predicted molar refractivity (Wildman–Crippen MR) is 76.5 cm³/mol. The molecule has 18 heavy (non-hydrogen) atoms. The molecule has 1 heterocycles. The van der Waals surface area contributed by atoms with E-state index in [2.05, 4.69) is 40.3 Å². The zero-order valence-electron chi connectivity index (χ0n) is 10.7. The van der Waals surface area contributed by atoms with Gasteiger partial charge in [0.1, 0.15) is 0 Å². The molecule has 4 heteroatoms. The van der Waals surface area contributed by atoms with Crippen molar-refractivity contribution in [3.63, 3.8) is 0 Å². The van der Waals surface area contributed by atoms with Gasteiger partial charge in [0.05, 0.1) is 0 Å². The van der Waals surface area contributed by atoms with Gasteiger partial charge in [0.2, 0.25) is 5.91 Å². The number of benzene rings is 1. The molecule has 1 saturated heterocycles. The highest BCUT2D eigenvalue weighted by Gasteiger charge is 2.22. The van der Waals surface area contributed by atoms with E-state index < -0.39 is 0 Å². The standard InChI is InChI=1S/C14H19BrN2O/c1-11-10-16-8-9-17(11)14(18)7-4-12-2-5-13(15)6-3-12/h2-3,5-6,11,16H,4,7-10H2,1H3. The minimum absolute atomic E-state index is 0.270. The molecule has 1 amide bonds. The van der Waals surface area contributed by atoms with Crippen LogP contribution in [-0.2, 0) is 11.2 Å². The van der Waals surface area contributed by atoms with Crippen molar-refractivity contribution in [2.45, 2.75) is 25.8 Å². The summed E-state index contributed by atoms with van der Waals surface area (Å²) in [5.41, 5.74) is 1.22. The number of carbonyl (C=O) groups excluding carboxylic acids is 1. The largest absolute Gasteiger partial charge is 0.337 e. The summed E-state index contributed by atoms with van der Waals surface area (Å²) in [6.45, 7) is 4.75. The van der Waals surface area contributed by atoms with Gasteiger partial charge in [0, 0.05) is 36.6 Å². The average molecular weight is 311 g/mol. The van der Waals surface area contributed by atoms with E-state index >= 15 is 0 Å². The Balaban J connectivity index is 1.85. The number of nitrogens with one attached hydrogen (secondary N) is 1. The number of hydrogen-bond acceptors (Lipinski definition) is 2. The highest BCUT2D eigenvalue weighted by molar-refractivity contribution is 9.10. The molecule has 1 aliphatic rings. The van der Waals surface area contributed by atoms with Crippen LogP contribution < -0.4 is 5.32 Å². The molecular formula is C14H19BrN2O. The van der Waals surface area contributed by atoms with Crippen molar-refractivity contribution in [2.75, 3.05) is 19.6 Å². The Morgan fingerprint density at radius 2 is 2.17 bits per heavy atom. The first kappa shape index (κ1) is 13.6. The molecule has 98 valence electrons. The first-order valence-electron chi connectivity index (χ1n) is 6.41. The Morgan fingerprint density at radius 1 is 1.44 bits per heavy atom. The van der Waals surface area contributed by atoms with E-state index in [1.165, 1.54) is 5.56 Å². The maximum atomic E-state index is 12.1.